The third kappa shape index (κ3) is 6.67. The Balaban J connectivity index is 1.29. The van der Waals surface area contributed by atoms with Gasteiger partial charge in [0.2, 0.25) is 0 Å². The first-order chi connectivity index (χ1) is 18.6. The molecule has 6 nitrogen and oxygen atoms in total. The zero-order valence-electron chi connectivity index (χ0n) is 25.1. The van der Waals surface area contributed by atoms with E-state index in [1.54, 1.807) is 0 Å². The van der Waals surface area contributed by atoms with E-state index in [9.17, 15) is 14.4 Å². The lowest BCUT2D eigenvalue weighted by Crippen LogP contribution is -2.54. The average molecular weight is 547 g/mol. The van der Waals surface area contributed by atoms with Gasteiger partial charge in [-0.1, -0.05) is 27.2 Å². The lowest BCUT2D eigenvalue weighted by Gasteiger charge is -2.61. The minimum atomic E-state index is -0.770. The summed E-state index contributed by atoms with van der Waals surface area (Å²) in [5.41, 5.74) is 0.757. The van der Waals surface area contributed by atoms with Crippen LogP contribution in [0.5, 0.6) is 0 Å². The molecule has 0 spiro atoms. The van der Waals surface area contributed by atoms with Crippen molar-refractivity contribution >= 4 is 17.9 Å². The Kier molecular flexibility index (Phi) is 10.1. The summed E-state index contributed by atoms with van der Waals surface area (Å²) in [5.74, 6) is 3.41. The van der Waals surface area contributed by atoms with E-state index in [2.05, 4.69) is 20.8 Å². The largest absolute Gasteiger partial charge is 0.481 e. The van der Waals surface area contributed by atoms with Crippen molar-refractivity contribution in [2.24, 2.45) is 46.3 Å². The van der Waals surface area contributed by atoms with Crippen LogP contribution in [-0.2, 0) is 23.9 Å². The standard InChI is InChI=1S/C33H54O6/c1-5-38-30(36)16-11-22(2)26-14-15-27-25-13-12-23-21-24(39-31(37)10-8-6-7-9-29(34)35)17-19-32(23,3)28(25)18-20-33(26,27)4/h22-28H,5-21H2,1-4H3,(H,34,35)/t22-,23-,24-,25+,26-,27+,28+,32+,33-/m1/s1. The van der Waals surface area contributed by atoms with Gasteiger partial charge < -0.3 is 14.6 Å². The van der Waals surface area contributed by atoms with Crippen molar-refractivity contribution in [3.63, 3.8) is 0 Å². The molecule has 0 aromatic carbocycles. The third-order valence-corrected chi connectivity index (χ3v) is 12.1. The Bertz CT molecular complexity index is 870. The smallest absolute Gasteiger partial charge is 0.306 e. The molecule has 0 heterocycles. The molecular weight excluding hydrogens is 492 g/mol. The highest BCUT2D eigenvalue weighted by atomic mass is 16.5. The molecular formula is C33H54O6. The van der Waals surface area contributed by atoms with Gasteiger partial charge in [-0.15, -0.1) is 0 Å². The lowest BCUT2D eigenvalue weighted by molar-refractivity contribution is -0.162. The summed E-state index contributed by atoms with van der Waals surface area (Å²) in [6.07, 6.45) is 15.3. The molecule has 4 aliphatic rings. The van der Waals surface area contributed by atoms with Crippen molar-refractivity contribution in [2.45, 2.75) is 137 Å². The van der Waals surface area contributed by atoms with Crippen LogP contribution in [-0.4, -0.2) is 35.7 Å². The third-order valence-electron chi connectivity index (χ3n) is 12.1. The second-order valence-electron chi connectivity index (χ2n) is 14.0. The number of esters is 2. The molecule has 0 radical (unpaired) electrons. The zero-order chi connectivity index (χ0) is 28.2. The van der Waals surface area contributed by atoms with E-state index in [-0.39, 0.29) is 24.5 Å². The highest BCUT2D eigenvalue weighted by molar-refractivity contribution is 5.69. The van der Waals surface area contributed by atoms with E-state index < -0.39 is 5.97 Å². The topological polar surface area (TPSA) is 89.9 Å². The van der Waals surface area contributed by atoms with Crippen molar-refractivity contribution in [3.8, 4) is 0 Å². The molecule has 0 aromatic rings. The van der Waals surface area contributed by atoms with E-state index in [1.165, 1.54) is 38.5 Å². The van der Waals surface area contributed by atoms with Gasteiger partial charge in [-0.05, 0) is 130 Å². The molecule has 4 aliphatic carbocycles. The van der Waals surface area contributed by atoms with Crippen molar-refractivity contribution in [1.29, 1.82) is 0 Å². The van der Waals surface area contributed by atoms with E-state index >= 15 is 0 Å². The molecule has 222 valence electrons. The highest BCUT2D eigenvalue weighted by Crippen LogP contribution is 2.68. The number of ether oxygens (including phenoxy) is 2. The van der Waals surface area contributed by atoms with Crippen LogP contribution in [0.1, 0.15) is 130 Å². The van der Waals surface area contributed by atoms with Crippen LogP contribution in [0.2, 0.25) is 0 Å². The molecule has 4 rings (SSSR count). The van der Waals surface area contributed by atoms with Crippen LogP contribution in [0.4, 0.5) is 0 Å². The Hall–Kier alpha value is -1.59. The number of carboxylic acid groups (broad SMARTS) is 1. The summed E-state index contributed by atoms with van der Waals surface area (Å²) in [4.78, 5) is 35.1. The number of carbonyl (C=O) groups is 3. The Morgan fingerprint density at radius 2 is 1.56 bits per heavy atom. The maximum atomic E-state index is 12.5. The molecule has 6 heteroatoms. The van der Waals surface area contributed by atoms with Gasteiger partial charge in [-0.3, -0.25) is 14.4 Å². The number of hydrogen-bond donors (Lipinski definition) is 1. The van der Waals surface area contributed by atoms with Gasteiger partial charge in [0, 0.05) is 19.3 Å². The minimum absolute atomic E-state index is 0.0453. The van der Waals surface area contributed by atoms with Crippen LogP contribution in [0.3, 0.4) is 0 Å². The number of rotatable bonds is 12. The molecule has 39 heavy (non-hydrogen) atoms. The molecule has 9 atom stereocenters. The highest BCUT2D eigenvalue weighted by Gasteiger charge is 2.60. The maximum Gasteiger partial charge on any atom is 0.306 e. The lowest BCUT2D eigenvalue weighted by atomic mass is 9.44. The summed E-state index contributed by atoms with van der Waals surface area (Å²) in [6.45, 7) is 9.87. The fourth-order valence-corrected chi connectivity index (χ4v) is 10.0. The quantitative estimate of drug-likeness (QED) is 0.200. The van der Waals surface area contributed by atoms with Gasteiger partial charge in [0.05, 0.1) is 6.61 Å². The molecule has 0 amide bonds. The second-order valence-corrected chi connectivity index (χ2v) is 14.0. The first-order valence-electron chi connectivity index (χ1n) is 16.1. The normalized spacial score (nSPS) is 38.2. The number of carbonyl (C=O) groups excluding carboxylic acids is 2. The van der Waals surface area contributed by atoms with E-state index in [0.29, 0.717) is 60.9 Å². The first-order valence-corrected chi connectivity index (χ1v) is 16.1. The number of fused-ring (bicyclic) bond motifs is 5. The van der Waals surface area contributed by atoms with Crippen molar-refractivity contribution in [3.05, 3.63) is 0 Å². The molecule has 4 fully saturated rings. The van der Waals surface area contributed by atoms with Crippen molar-refractivity contribution < 1.29 is 29.0 Å². The Morgan fingerprint density at radius 1 is 0.846 bits per heavy atom. The van der Waals surface area contributed by atoms with Gasteiger partial charge in [0.1, 0.15) is 6.10 Å². The summed E-state index contributed by atoms with van der Waals surface area (Å²) in [5, 5.41) is 8.76. The number of aliphatic carboxylic acids is 1. The second kappa shape index (κ2) is 12.9. The van der Waals surface area contributed by atoms with Crippen molar-refractivity contribution in [1.82, 2.24) is 0 Å². The fraction of sp³-hybridized carbons (Fsp3) is 0.909. The number of unbranched alkanes of at least 4 members (excludes halogenated alkanes) is 2. The maximum absolute atomic E-state index is 12.5. The SMILES string of the molecule is CCOC(=O)CC[C@@H](C)[C@H]1CC[C@H]2[C@@H]3CC[C@@H]4C[C@H](OC(=O)CCCCCC(=O)O)CC[C@]4(C)[C@H]3CC[C@]12C. The van der Waals surface area contributed by atoms with Gasteiger partial charge in [-0.25, -0.2) is 0 Å². The Labute approximate surface area is 236 Å². The molecule has 0 aliphatic heterocycles. The average Bonchev–Trinajstić information content (AvgIpc) is 3.24. The minimum Gasteiger partial charge on any atom is -0.481 e. The van der Waals surface area contributed by atoms with E-state index in [0.717, 1.165) is 49.9 Å². The van der Waals surface area contributed by atoms with Crippen LogP contribution >= 0.6 is 0 Å². The van der Waals surface area contributed by atoms with Crippen LogP contribution in [0.25, 0.3) is 0 Å². The predicted molar refractivity (Wildman–Crippen MR) is 151 cm³/mol. The molecule has 0 bridgehead atoms. The zero-order valence-corrected chi connectivity index (χ0v) is 25.1. The summed E-state index contributed by atoms with van der Waals surface area (Å²) in [6, 6.07) is 0. The molecule has 0 unspecified atom stereocenters. The van der Waals surface area contributed by atoms with Gasteiger partial charge in [0.25, 0.3) is 0 Å². The van der Waals surface area contributed by atoms with E-state index in [1.807, 2.05) is 6.92 Å². The van der Waals surface area contributed by atoms with Crippen LogP contribution < -0.4 is 0 Å². The summed E-state index contributed by atoms with van der Waals surface area (Å²) in [7, 11) is 0. The molecule has 1 N–H and O–H groups in total. The van der Waals surface area contributed by atoms with Gasteiger partial charge in [-0.2, -0.15) is 0 Å². The van der Waals surface area contributed by atoms with Gasteiger partial charge >= 0.3 is 17.9 Å². The molecule has 0 saturated heterocycles. The number of hydrogen-bond acceptors (Lipinski definition) is 5. The summed E-state index contributed by atoms with van der Waals surface area (Å²) >= 11 is 0. The van der Waals surface area contributed by atoms with Gasteiger partial charge in [0.15, 0.2) is 0 Å². The fourth-order valence-electron chi connectivity index (χ4n) is 10.0. The first kappa shape index (κ1) is 30.4. The van der Waals surface area contributed by atoms with Crippen LogP contribution in [0, 0.1) is 46.3 Å². The van der Waals surface area contributed by atoms with Crippen LogP contribution in [0.15, 0.2) is 0 Å². The predicted octanol–water partition coefficient (Wildman–Crippen LogP) is 7.57. The Morgan fingerprint density at radius 3 is 2.31 bits per heavy atom. The summed E-state index contributed by atoms with van der Waals surface area (Å²) < 4.78 is 11.1. The molecule has 0 aromatic heterocycles. The monoisotopic (exact) mass is 546 g/mol. The number of carboxylic acids is 1. The van der Waals surface area contributed by atoms with E-state index in [4.69, 9.17) is 14.6 Å². The van der Waals surface area contributed by atoms with Crippen molar-refractivity contribution in [2.75, 3.05) is 6.61 Å². The molecule has 4 saturated carbocycles.